The van der Waals surface area contributed by atoms with Gasteiger partial charge in [-0.2, -0.15) is 0 Å². The molecule has 0 radical (unpaired) electrons. The Hall–Kier alpha value is -0.160. The molecular weight excluding hydrogens is 314 g/mol. The predicted octanol–water partition coefficient (Wildman–Crippen LogP) is 2.98. The summed E-state index contributed by atoms with van der Waals surface area (Å²) >= 11 is 0. The first-order valence-electron chi connectivity index (χ1n) is 10.8. The summed E-state index contributed by atoms with van der Waals surface area (Å²) in [6.45, 7) is 5.01. The van der Waals surface area contributed by atoms with E-state index in [0.29, 0.717) is 19.8 Å². The summed E-state index contributed by atoms with van der Waals surface area (Å²) in [5.74, 6) is 2.80. The first kappa shape index (κ1) is 18.2. The van der Waals surface area contributed by atoms with Gasteiger partial charge in [-0.1, -0.05) is 0 Å². The van der Waals surface area contributed by atoms with Gasteiger partial charge >= 0.3 is 0 Å². The fraction of sp³-hybridized carbons (Fsp3) is 1.00. The van der Waals surface area contributed by atoms with Crippen LogP contribution in [0.1, 0.15) is 57.8 Å². The zero-order valence-electron chi connectivity index (χ0n) is 16.1. The van der Waals surface area contributed by atoms with Crippen molar-refractivity contribution < 1.29 is 19.1 Å². The van der Waals surface area contributed by atoms with Gasteiger partial charge in [-0.3, -0.25) is 0 Å². The van der Waals surface area contributed by atoms with E-state index in [0.717, 1.165) is 28.8 Å². The zero-order chi connectivity index (χ0) is 17.3. The van der Waals surface area contributed by atoms with Gasteiger partial charge in [-0.05, 0) is 75.5 Å². The standard InChI is InChI=1S/C21H38NO3/c1-22(5-3-2-4-6-22)15-20(23)16-24-7-8-25-21-12-17-9-18(13-21)11-19(10-17)14-21/h17-20,23H,2-16H2,1H3/q+1/t17?,18?,19?,20-,21?/m1/s1. The van der Waals surface area contributed by atoms with Crippen molar-refractivity contribution in [3.8, 4) is 0 Å². The predicted molar refractivity (Wildman–Crippen MR) is 98.3 cm³/mol. The second-order valence-corrected chi connectivity index (χ2v) is 9.99. The lowest BCUT2D eigenvalue weighted by Crippen LogP contribution is -2.53. The molecule has 0 spiro atoms. The molecule has 4 aliphatic carbocycles. The van der Waals surface area contributed by atoms with E-state index in [1.807, 2.05) is 0 Å². The second-order valence-electron chi connectivity index (χ2n) is 9.99. The van der Waals surface area contributed by atoms with Crippen molar-refractivity contribution in [3.63, 3.8) is 0 Å². The minimum absolute atomic E-state index is 0.184. The Bertz CT molecular complexity index is 411. The Morgan fingerprint density at radius 3 is 2.16 bits per heavy atom. The van der Waals surface area contributed by atoms with Crippen LogP contribution >= 0.6 is 0 Å². The maximum Gasteiger partial charge on any atom is 0.126 e. The third-order valence-electron chi connectivity index (χ3n) is 7.48. The Morgan fingerprint density at radius 1 is 0.960 bits per heavy atom. The molecule has 1 N–H and O–H groups in total. The van der Waals surface area contributed by atoms with E-state index in [-0.39, 0.29) is 11.7 Å². The van der Waals surface area contributed by atoms with Crippen LogP contribution in [0.2, 0.25) is 0 Å². The second kappa shape index (κ2) is 7.46. The highest BCUT2D eigenvalue weighted by molar-refractivity contribution is 5.03. The summed E-state index contributed by atoms with van der Waals surface area (Å²) in [6, 6.07) is 0. The number of hydrogen-bond acceptors (Lipinski definition) is 3. The van der Waals surface area contributed by atoms with Crippen LogP contribution in [-0.2, 0) is 9.47 Å². The molecule has 0 amide bonds. The van der Waals surface area contributed by atoms with E-state index >= 15 is 0 Å². The number of ether oxygens (including phenoxy) is 2. The van der Waals surface area contributed by atoms with Crippen LogP contribution in [0.25, 0.3) is 0 Å². The van der Waals surface area contributed by atoms with Crippen molar-refractivity contribution in [2.75, 3.05) is 46.5 Å². The molecule has 4 nitrogen and oxygen atoms in total. The van der Waals surface area contributed by atoms with E-state index in [2.05, 4.69) is 7.05 Å². The molecule has 1 saturated heterocycles. The van der Waals surface area contributed by atoms with Crippen LogP contribution in [-0.4, -0.2) is 67.8 Å². The van der Waals surface area contributed by atoms with Crippen molar-refractivity contribution >= 4 is 0 Å². The third kappa shape index (κ3) is 4.40. The van der Waals surface area contributed by atoms with Gasteiger partial charge in [0.2, 0.25) is 0 Å². The SMILES string of the molecule is C[N+]1(C[C@@H](O)COCCOC23CC4CC(CC(C4)C2)C3)CCCCC1. The fourth-order valence-corrected chi connectivity index (χ4v) is 6.76. The molecule has 4 bridgehead atoms. The van der Waals surface area contributed by atoms with Gasteiger partial charge in [-0.25, -0.2) is 0 Å². The van der Waals surface area contributed by atoms with Crippen LogP contribution in [0, 0.1) is 17.8 Å². The van der Waals surface area contributed by atoms with Gasteiger partial charge in [0.05, 0.1) is 45.6 Å². The molecule has 0 aromatic carbocycles. The lowest BCUT2D eigenvalue weighted by Gasteiger charge is -2.56. The average Bonchev–Trinajstić information content (AvgIpc) is 2.53. The highest BCUT2D eigenvalue weighted by Gasteiger charge is 2.51. The topological polar surface area (TPSA) is 38.7 Å². The normalized spacial score (nSPS) is 40.3. The summed E-state index contributed by atoms with van der Waals surface area (Å²) < 4.78 is 13.2. The average molecular weight is 353 g/mol. The van der Waals surface area contributed by atoms with Crippen LogP contribution < -0.4 is 0 Å². The highest BCUT2D eigenvalue weighted by Crippen LogP contribution is 2.57. The van der Waals surface area contributed by atoms with E-state index in [1.165, 1.54) is 70.9 Å². The number of rotatable bonds is 8. The number of piperidine rings is 1. The number of hydrogen-bond donors (Lipinski definition) is 1. The number of aliphatic hydroxyl groups excluding tert-OH is 1. The molecule has 5 fully saturated rings. The number of likely N-dealkylation sites (tertiary alicyclic amines) is 1. The van der Waals surface area contributed by atoms with Crippen molar-refractivity contribution in [2.24, 2.45) is 17.8 Å². The molecule has 1 heterocycles. The fourth-order valence-electron chi connectivity index (χ4n) is 6.76. The van der Waals surface area contributed by atoms with Crippen molar-refractivity contribution in [2.45, 2.75) is 69.5 Å². The third-order valence-corrected chi connectivity index (χ3v) is 7.48. The highest BCUT2D eigenvalue weighted by atomic mass is 16.5. The summed E-state index contributed by atoms with van der Waals surface area (Å²) in [5, 5.41) is 10.3. The van der Waals surface area contributed by atoms with Crippen molar-refractivity contribution in [1.82, 2.24) is 0 Å². The van der Waals surface area contributed by atoms with Gasteiger partial charge < -0.3 is 19.1 Å². The Labute approximate surface area is 153 Å². The van der Waals surface area contributed by atoms with Gasteiger partial charge in [0.1, 0.15) is 12.6 Å². The molecule has 0 unspecified atom stereocenters. The van der Waals surface area contributed by atoms with Crippen LogP contribution in [0.3, 0.4) is 0 Å². The largest absolute Gasteiger partial charge is 0.385 e. The minimum Gasteiger partial charge on any atom is -0.385 e. The van der Waals surface area contributed by atoms with E-state index in [1.54, 1.807) is 0 Å². The van der Waals surface area contributed by atoms with Gasteiger partial charge in [-0.15, -0.1) is 0 Å². The Morgan fingerprint density at radius 2 is 1.56 bits per heavy atom. The molecule has 0 aromatic rings. The first-order valence-corrected chi connectivity index (χ1v) is 10.8. The summed E-state index contributed by atoms with van der Waals surface area (Å²) in [7, 11) is 2.28. The molecule has 1 atom stereocenters. The molecule has 4 heteroatoms. The molecular formula is C21H38NO3+. The van der Waals surface area contributed by atoms with Crippen LogP contribution in [0.5, 0.6) is 0 Å². The molecule has 5 aliphatic rings. The molecule has 4 saturated carbocycles. The Kier molecular flexibility index (Phi) is 5.43. The lowest BCUT2D eigenvalue weighted by atomic mass is 9.54. The monoisotopic (exact) mass is 352 g/mol. The summed E-state index contributed by atoms with van der Waals surface area (Å²) in [4.78, 5) is 0. The summed E-state index contributed by atoms with van der Waals surface area (Å²) in [5.41, 5.74) is 0.184. The van der Waals surface area contributed by atoms with E-state index in [9.17, 15) is 5.11 Å². The minimum atomic E-state index is -0.345. The Balaban J connectivity index is 1.13. The molecule has 5 rings (SSSR count). The van der Waals surface area contributed by atoms with Crippen LogP contribution in [0.4, 0.5) is 0 Å². The zero-order valence-corrected chi connectivity index (χ0v) is 16.1. The maximum absolute atomic E-state index is 10.3. The molecule has 144 valence electrons. The number of aliphatic hydroxyl groups is 1. The van der Waals surface area contributed by atoms with Gasteiger partial charge in [0.25, 0.3) is 0 Å². The number of likely N-dealkylation sites (N-methyl/N-ethyl adjacent to an activating group) is 1. The van der Waals surface area contributed by atoms with E-state index in [4.69, 9.17) is 9.47 Å². The number of nitrogens with zero attached hydrogens (tertiary/aromatic N) is 1. The maximum atomic E-state index is 10.3. The van der Waals surface area contributed by atoms with Crippen molar-refractivity contribution in [3.05, 3.63) is 0 Å². The summed E-state index contributed by atoms with van der Waals surface area (Å²) in [6.07, 6.45) is 11.8. The number of quaternary nitrogens is 1. The molecule has 25 heavy (non-hydrogen) atoms. The molecule has 0 aromatic heterocycles. The van der Waals surface area contributed by atoms with E-state index < -0.39 is 0 Å². The van der Waals surface area contributed by atoms with Crippen molar-refractivity contribution in [1.29, 1.82) is 0 Å². The van der Waals surface area contributed by atoms with Gasteiger partial charge in [0, 0.05) is 0 Å². The lowest BCUT2D eigenvalue weighted by molar-refractivity contribution is -0.916. The first-order chi connectivity index (χ1) is 12.0. The quantitative estimate of drug-likeness (QED) is 0.539. The smallest absolute Gasteiger partial charge is 0.126 e. The molecule has 1 aliphatic heterocycles. The van der Waals surface area contributed by atoms with Crippen LogP contribution in [0.15, 0.2) is 0 Å². The van der Waals surface area contributed by atoms with Gasteiger partial charge in [0.15, 0.2) is 0 Å².